The van der Waals surface area contributed by atoms with Crippen LogP contribution in [-0.4, -0.2) is 87.6 Å². The molecule has 1 fully saturated rings. The SMILES string of the molecule is CN1CCN(C(=O)CCCOc2ccccc2N(C)C(=O)c2ccc(NC(=O)c3ccccc3OCCCN)cc2)CC1. The Labute approximate surface area is 253 Å². The van der Waals surface area contributed by atoms with E-state index in [2.05, 4.69) is 17.3 Å². The molecule has 0 aromatic heterocycles. The molecule has 1 heterocycles. The van der Waals surface area contributed by atoms with Gasteiger partial charge in [0.05, 0.1) is 24.5 Å². The van der Waals surface area contributed by atoms with Crippen LogP contribution in [0.5, 0.6) is 11.5 Å². The van der Waals surface area contributed by atoms with E-state index in [0.717, 1.165) is 26.2 Å². The molecule has 10 heteroatoms. The Morgan fingerprint density at radius 1 is 0.837 bits per heavy atom. The van der Waals surface area contributed by atoms with Crippen molar-refractivity contribution in [3.05, 3.63) is 83.9 Å². The fraction of sp³-hybridized carbons (Fsp3) is 0.364. The molecule has 228 valence electrons. The predicted octanol–water partition coefficient (Wildman–Crippen LogP) is 3.88. The highest BCUT2D eigenvalue weighted by atomic mass is 16.5. The standard InChI is InChI=1S/C33H41N5O5/c1-36-19-21-38(22-20-36)31(39)13-7-23-43-30-12-6-4-10-28(30)37(2)33(41)25-14-16-26(17-15-25)35-32(40)27-9-3-5-11-29(27)42-24-8-18-34/h3-6,9-12,14-17H,7-8,13,18-24,34H2,1-2H3,(H,35,40). The van der Waals surface area contributed by atoms with E-state index in [4.69, 9.17) is 15.2 Å². The van der Waals surface area contributed by atoms with Crippen LogP contribution in [0, 0.1) is 0 Å². The van der Waals surface area contributed by atoms with Crippen LogP contribution in [0.25, 0.3) is 0 Å². The first-order chi connectivity index (χ1) is 20.9. The van der Waals surface area contributed by atoms with E-state index in [1.165, 1.54) is 4.90 Å². The summed E-state index contributed by atoms with van der Waals surface area (Å²) in [5, 5.41) is 2.87. The number of carbonyl (C=O) groups excluding carboxylic acids is 3. The minimum absolute atomic E-state index is 0.150. The highest BCUT2D eigenvalue weighted by Crippen LogP contribution is 2.29. The van der Waals surface area contributed by atoms with Gasteiger partial charge in [0.15, 0.2) is 0 Å². The molecule has 4 rings (SSSR count). The zero-order valence-electron chi connectivity index (χ0n) is 25.0. The third-order valence-electron chi connectivity index (χ3n) is 7.31. The van der Waals surface area contributed by atoms with Crippen LogP contribution in [0.4, 0.5) is 11.4 Å². The lowest BCUT2D eigenvalue weighted by atomic mass is 10.1. The van der Waals surface area contributed by atoms with Gasteiger partial charge in [-0.25, -0.2) is 0 Å². The average Bonchev–Trinajstić information content (AvgIpc) is 3.03. The highest BCUT2D eigenvalue weighted by molar-refractivity contribution is 6.08. The molecule has 0 radical (unpaired) electrons. The molecule has 10 nitrogen and oxygen atoms in total. The maximum Gasteiger partial charge on any atom is 0.259 e. The van der Waals surface area contributed by atoms with Gasteiger partial charge in [-0.2, -0.15) is 0 Å². The van der Waals surface area contributed by atoms with E-state index >= 15 is 0 Å². The molecule has 1 saturated heterocycles. The van der Waals surface area contributed by atoms with Crippen LogP contribution in [0.2, 0.25) is 0 Å². The normalized spacial score (nSPS) is 13.3. The van der Waals surface area contributed by atoms with E-state index in [9.17, 15) is 14.4 Å². The molecular weight excluding hydrogens is 546 g/mol. The third kappa shape index (κ3) is 8.79. The van der Waals surface area contributed by atoms with E-state index in [1.54, 1.807) is 49.5 Å². The molecule has 1 aliphatic heterocycles. The maximum absolute atomic E-state index is 13.3. The van der Waals surface area contributed by atoms with Crippen molar-refractivity contribution in [2.24, 2.45) is 5.73 Å². The number of likely N-dealkylation sites (N-methyl/N-ethyl adjacent to an activating group) is 1. The summed E-state index contributed by atoms with van der Waals surface area (Å²) >= 11 is 0. The van der Waals surface area contributed by atoms with E-state index in [1.807, 2.05) is 35.2 Å². The number of piperazine rings is 1. The predicted molar refractivity (Wildman–Crippen MR) is 168 cm³/mol. The molecule has 0 saturated carbocycles. The lowest BCUT2D eigenvalue weighted by Crippen LogP contribution is -2.47. The molecule has 0 unspecified atom stereocenters. The van der Waals surface area contributed by atoms with Gasteiger partial charge in [0, 0.05) is 50.9 Å². The van der Waals surface area contributed by atoms with E-state index in [-0.39, 0.29) is 17.7 Å². The molecule has 3 N–H and O–H groups in total. The summed E-state index contributed by atoms with van der Waals surface area (Å²) in [5.41, 5.74) is 7.59. The van der Waals surface area contributed by atoms with Crippen molar-refractivity contribution in [2.45, 2.75) is 19.3 Å². The molecule has 0 bridgehead atoms. The highest BCUT2D eigenvalue weighted by Gasteiger charge is 2.20. The second-order valence-electron chi connectivity index (χ2n) is 10.5. The van der Waals surface area contributed by atoms with Crippen LogP contribution >= 0.6 is 0 Å². The summed E-state index contributed by atoms with van der Waals surface area (Å²) in [6, 6.07) is 21.1. The number of anilines is 2. The van der Waals surface area contributed by atoms with Gasteiger partial charge in [0.2, 0.25) is 5.91 Å². The number of rotatable bonds is 13. The van der Waals surface area contributed by atoms with Crippen LogP contribution in [0.1, 0.15) is 40.0 Å². The number of nitrogens with two attached hydrogens (primary N) is 1. The van der Waals surface area contributed by atoms with E-state index in [0.29, 0.717) is 73.0 Å². The zero-order chi connectivity index (χ0) is 30.6. The monoisotopic (exact) mass is 587 g/mol. The van der Waals surface area contributed by atoms with E-state index < -0.39 is 0 Å². The fourth-order valence-corrected chi connectivity index (χ4v) is 4.72. The number of hydrogen-bond donors (Lipinski definition) is 2. The first-order valence-electron chi connectivity index (χ1n) is 14.7. The molecule has 0 aliphatic carbocycles. The van der Waals surface area contributed by atoms with Crippen LogP contribution in [0.15, 0.2) is 72.8 Å². The quantitative estimate of drug-likeness (QED) is 0.292. The molecule has 3 aromatic carbocycles. The van der Waals surface area contributed by atoms with Gasteiger partial charge in [-0.15, -0.1) is 0 Å². The van der Waals surface area contributed by atoms with Crippen molar-refractivity contribution >= 4 is 29.1 Å². The van der Waals surface area contributed by atoms with Crippen LogP contribution < -0.4 is 25.4 Å². The molecule has 43 heavy (non-hydrogen) atoms. The van der Waals surface area contributed by atoms with Gasteiger partial charge in [0.25, 0.3) is 11.8 Å². The first-order valence-corrected chi connectivity index (χ1v) is 14.7. The molecule has 3 amide bonds. The average molecular weight is 588 g/mol. The Hall–Kier alpha value is -4.41. The largest absolute Gasteiger partial charge is 0.493 e. The number of hydrogen-bond acceptors (Lipinski definition) is 7. The summed E-state index contributed by atoms with van der Waals surface area (Å²) in [6.07, 6.45) is 1.71. The lowest BCUT2D eigenvalue weighted by Gasteiger charge is -2.32. The van der Waals surface area contributed by atoms with Gasteiger partial charge < -0.3 is 35.2 Å². The molecule has 1 aliphatic rings. The number of benzene rings is 3. The number of carbonyl (C=O) groups is 3. The van der Waals surface area contributed by atoms with Gasteiger partial charge in [0.1, 0.15) is 11.5 Å². The number of nitrogens with one attached hydrogen (secondary N) is 1. The van der Waals surface area contributed by atoms with Crippen LogP contribution in [0.3, 0.4) is 0 Å². The molecule has 3 aromatic rings. The maximum atomic E-state index is 13.3. The van der Waals surface area contributed by atoms with Gasteiger partial charge >= 0.3 is 0 Å². The summed E-state index contributed by atoms with van der Waals surface area (Å²) < 4.78 is 11.7. The van der Waals surface area contributed by atoms with Gasteiger partial charge in [-0.1, -0.05) is 24.3 Å². The van der Waals surface area contributed by atoms with Crippen molar-refractivity contribution in [3.63, 3.8) is 0 Å². The molecule has 0 atom stereocenters. The summed E-state index contributed by atoms with van der Waals surface area (Å²) in [5.74, 6) is 0.677. The fourth-order valence-electron chi connectivity index (χ4n) is 4.72. The Morgan fingerprint density at radius 3 is 2.19 bits per heavy atom. The van der Waals surface area contributed by atoms with Crippen molar-refractivity contribution in [3.8, 4) is 11.5 Å². The Kier molecular flexibility index (Phi) is 11.5. The Balaban J connectivity index is 1.32. The minimum Gasteiger partial charge on any atom is -0.493 e. The minimum atomic E-state index is -0.309. The van der Waals surface area contributed by atoms with Crippen molar-refractivity contribution in [1.29, 1.82) is 0 Å². The number of amides is 3. The number of nitrogens with zero attached hydrogens (tertiary/aromatic N) is 3. The summed E-state index contributed by atoms with van der Waals surface area (Å²) in [6.45, 7) is 4.62. The second-order valence-corrected chi connectivity index (χ2v) is 10.5. The summed E-state index contributed by atoms with van der Waals surface area (Å²) in [7, 11) is 3.76. The second kappa shape index (κ2) is 15.7. The first kappa shape index (κ1) is 31.5. The molecule has 0 spiro atoms. The lowest BCUT2D eigenvalue weighted by molar-refractivity contribution is -0.133. The Bertz CT molecular complexity index is 1370. The smallest absolute Gasteiger partial charge is 0.259 e. The topological polar surface area (TPSA) is 117 Å². The zero-order valence-corrected chi connectivity index (χ0v) is 25.0. The Morgan fingerprint density at radius 2 is 1.47 bits per heavy atom. The van der Waals surface area contributed by atoms with Crippen molar-refractivity contribution in [1.82, 2.24) is 9.80 Å². The van der Waals surface area contributed by atoms with Gasteiger partial charge in [-0.05, 0) is 75.0 Å². The number of para-hydroxylation sites is 3. The van der Waals surface area contributed by atoms with Gasteiger partial charge in [-0.3, -0.25) is 14.4 Å². The third-order valence-corrected chi connectivity index (χ3v) is 7.31. The van der Waals surface area contributed by atoms with Crippen molar-refractivity contribution < 1.29 is 23.9 Å². The van der Waals surface area contributed by atoms with Crippen molar-refractivity contribution in [2.75, 3.05) is 70.2 Å². The molecular formula is C33H41N5O5. The van der Waals surface area contributed by atoms with Crippen LogP contribution in [-0.2, 0) is 4.79 Å². The number of ether oxygens (including phenoxy) is 2. The summed E-state index contributed by atoms with van der Waals surface area (Å²) in [4.78, 5) is 44.5.